The second kappa shape index (κ2) is 9.05. The predicted octanol–water partition coefficient (Wildman–Crippen LogP) is 1.70. The lowest BCUT2D eigenvalue weighted by Crippen LogP contribution is -2.32. The summed E-state index contributed by atoms with van der Waals surface area (Å²) in [5, 5.41) is 36.2. The average Bonchev–Trinajstić information content (AvgIpc) is 2.43. The largest absolute Gasteiger partial charge is 0.481 e. The highest BCUT2D eigenvalue weighted by atomic mass is 16.4. The van der Waals surface area contributed by atoms with Crippen LogP contribution < -0.4 is 0 Å². The lowest BCUT2D eigenvalue weighted by atomic mass is 9.74. The van der Waals surface area contributed by atoms with Crippen LogP contribution in [0, 0.1) is 23.7 Å². The van der Waals surface area contributed by atoms with Gasteiger partial charge in [-0.05, 0) is 50.4 Å². The van der Waals surface area contributed by atoms with Crippen molar-refractivity contribution in [2.75, 3.05) is 0 Å². The molecule has 0 aromatic carbocycles. The first-order valence-corrected chi connectivity index (χ1v) is 7.80. The Hall–Kier alpha value is -2.38. The third-order valence-corrected chi connectivity index (χ3v) is 4.51. The van der Waals surface area contributed by atoms with Crippen molar-refractivity contribution < 1.29 is 39.6 Å². The molecular weight excluding hydrogens is 320 g/mol. The predicted molar refractivity (Wildman–Crippen MR) is 81.3 cm³/mol. The van der Waals surface area contributed by atoms with Gasteiger partial charge in [-0.25, -0.2) is 0 Å². The molecule has 0 aromatic heterocycles. The highest BCUT2D eigenvalue weighted by Crippen LogP contribution is 2.35. The molecule has 0 saturated heterocycles. The van der Waals surface area contributed by atoms with E-state index in [9.17, 15) is 19.2 Å². The molecule has 24 heavy (non-hydrogen) atoms. The van der Waals surface area contributed by atoms with Crippen LogP contribution in [-0.4, -0.2) is 44.3 Å². The molecule has 4 N–H and O–H groups in total. The Kier molecular flexibility index (Phi) is 7.41. The summed E-state index contributed by atoms with van der Waals surface area (Å²) >= 11 is 0. The van der Waals surface area contributed by atoms with Gasteiger partial charge >= 0.3 is 23.9 Å². The SMILES string of the molecule is O=C(O)C(CC1CCC=CCCC1CC(C(=O)O)C(=O)O)C(=O)O. The van der Waals surface area contributed by atoms with Crippen molar-refractivity contribution >= 4 is 23.9 Å². The lowest BCUT2D eigenvalue weighted by molar-refractivity contribution is -0.159. The van der Waals surface area contributed by atoms with Gasteiger partial charge in [-0.15, -0.1) is 0 Å². The number of hydrogen-bond donors (Lipinski definition) is 4. The van der Waals surface area contributed by atoms with Crippen molar-refractivity contribution in [3.63, 3.8) is 0 Å². The molecule has 134 valence electrons. The molecule has 2 unspecified atom stereocenters. The summed E-state index contributed by atoms with van der Waals surface area (Å²) in [4.78, 5) is 44.5. The number of aliphatic carboxylic acids is 4. The smallest absolute Gasteiger partial charge is 0.317 e. The van der Waals surface area contributed by atoms with Crippen molar-refractivity contribution in [1.82, 2.24) is 0 Å². The molecule has 0 aromatic rings. The van der Waals surface area contributed by atoms with Gasteiger partial charge in [0.2, 0.25) is 0 Å². The van der Waals surface area contributed by atoms with Gasteiger partial charge in [-0.3, -0.25) is 19.2 Å². The summed E-state index contributed by atoms with van der Waals surface area (Å²) in [6.07, 6.45) is 5.84. The molecule has 0 amide bonds. The molecule has 0 aliphatic heterocycles. The fourth-order valence-electron chi connectivity index (χ4n) is 3.17. The van der Waals surface area contributed by atoms with Crippen LogP contribution in [0.2, 0.25) is 0 Å². The van der Waals surface area contributed by atoms with Crippen molar-refractivity contribution in [1.29, 1.82) is 0 Å². The van der Waals surface area contributed by atoms with E-state index in [1.54, 1.807) is 0 Å². The molecule has 0 spiro atoms. The third-order valence-electron chi connectivity index (χ3n) is 4.51. The van der Waals surface area contributed by atoms with Crippen LogP contribution in [-0.2, 0) is 19.2 Å². The van der Waals surface area contributed by atoms with Gasteiger partial charge in [0.05, 0.1) is 0 Å². The van der Waals surface area contributed by atoms with Gasteiger partial charge in [-0.2, -0.15) is 0 Å². The highest BCUT2D eigenvalue weighted by Gasteiger charge is 2.36. The quantitative estimate of drug-likeness (QED) is 0.384. The lowest BCUT2D eigenvalue weighted by Gasteiger charge is -2.30. The van der Waals surface area contributed by atoms with E-state index >= 15 is 0 Å². The van der Waals surface area contributed by atoms with Crippen LogP contribution in [0.25, 0.3) is 0 Å². The molecule has 1 aliphatic carbocycles. The standard InChI is InChI=1S/C16H22O8/c17-13(18)11(14(19)20)7-9-5-3-1-2-4-6-10(9)8-12(15(21)22)16(23)24/h1-2,9-12H,3-8H2,(H,17,18)(H,19,20)(H,21,22)(H,23,24). The van der Waals surface area contributed by atoms with Gasteiger partial charge in [-0.1, -0.05) is 12.2 Å². The zero-order chi connectivity index (χ0) is 18.3. The van der Waals surface area contributed by atoms with Gasteiger partial charge < -0.3 is 20.4 Å². The van der Waals surface area contributed by atoms with Crippen LogP contribution >= 0.6 is 0 Å². The maximum atomic E-state index is 11.1. The minimum Gasteiger partial charge on any atom is -0.481 e. The molecule has 0 saturated carbocycles. The molecule has 0 heterocycles. The Bertz CT molecular complexity index is 450. The summed E-state index contributed by atoms with van der Waals surface area (Å²) in [6.45, 7) is 0. The Balaban J connectivity index is 2.98. The monoisotopic (exact) mass is 342 g/mol. The Morgan fingerprint density at radius 1 is 0.708 bits per heavy atom. The van der Waals surface area contributed by atoms with E-state index in [-0.39, 0.29) is 24.7 Å². The van der Waals surface area contributed by atoms with Crippen LogP contribution in [0.15, 0.2) is 12.2 Å². The summed E-state index contributed by atoms with van der Waals surface area (Å²) in [6, 6.07) is 0. The van der Waals surface area contributed by atoms with Crippen LogP contribution in [0.4, 0.5) is 0 Å². The van der Waals surface area contributed by atoms with Crippen LogP contribution in [0.5, 0.6) is 0 Å². The van der Waals surface area contributed by atoms with Gasteiger partial charge in [0.15, 0.2) is 11.8 Å². The summed E-state index contributed by atoms with van der Waals surface area (Å²) in [5.74, 6) is -9.61. The van der Waals surface area contributed by atoms with Crippen molar-refractivity contribution in [2.24, 2.45) is 23.7 Å². The van der Waals surface area contributed by atoms with E-state index in [1.165, 1.54) is 0 Å². The van der Waals surface area contributed by atoms with Gasteiger partial charge in [0.1, 0.15) is 0 Å². The van der Waals surface area contributed by atoms with Crippen molar-refractivity contribution in [2.45, 2.75) is 38.5 Å². The van der Waals surface area contributed by atoms with Gasteiger partial charge in [0, 0.05) is 0 Å². The second-order valence-corrected chi connectivity index (χ2v) is 6.08. The summed E-state index contributed by atoms with van der Waals surface area (Å²) < 4.78 is 0. The van der Waals surface area contributed by atoms with E-state index in [2.05, 4.69) is 0 Å². The number of rotatable bonds is 8. The summed E-state index contributed by atoms with van der Waals surface area (Å²) in [7, 11) is 0. The Morgan fingerprint density at radius 2 is 1.00 bits per heavy atom. The molecule has 1 rings (SSSR count). The van der Waals surface area contributed by atoms with E-state index in [0.29, 0.717) is 25.7 Å². The van der Waals surface area contributed by atoms with Gasteiger partial charge in [0.25, 0.3) is 0 Å². The molecule has 8 nitrogen and oxygen atoms in total. The van der Waals surface area contributed by atoms with Crippen LogP contribution in [0.3, 0.4) is 0 Å². The zero-order valence-corrected chi connectivity index (χ0v) is 13.1. The fourth-order valence-corrected chi connectivity index (χ4v) is 3.17. The first-order chi connectivity index (χ1) is 11.2. The van der Waals surface area contributed by atoms with E-state index in [4.69, 9.17) is 20.4 Å². The molecule has 0 radical (unpaired) electrons. The zero-order valence-electron chi connectivity index (χ0n) is 13.1. The van der Waals surface area contributed by atoms with Crippen molar-refractivity contribution in [3.8, 4) is 0 Å². The molecular formula is C16H22O8. The van der Waals surface area contributed by atoms with Crippen molar-refractivity contribution in [3.05, 3.63) is 12.2 Å². The van der Waals surface area contributed by atoms with E-state index in [0.717, 1.165) is 0 Å². The van der Waals surface area contributed by atoms with E-state index < -0.39 is 35.7 Å². The third kappa shape index (κ3) is 5.68. The fraction of sp³-hybridized carbons (Fsp3) is 0.625. The topological polar surface area (TPSA) is 149 Å². The Morgan fingerprint density at radius 3 is 1.25 bits per heavy atom. The molecule has 0 bridgehead atoms. The average molecular weight is 342 g/mol. The minimum atomic E-state index is -1.57. The number of carboxylic acid groups (broad SMARTS) is 4. The first kappa shape index (κ1) is 19.7. The molecule has 2 atom stereocenters. The minimum absolute atomic E-state index is 0.130. The first-order valence-electron chi connectivity index (χ1n) is 7.80. The molecule has 8 heteroatoms. The number of carbonyl (C=O) groups is 4. The Labute approximate surface area is 138 Å². The number of allylic oxidation sites excluding steroid dienone is 2. The van der Waals surface area contributed by atoms with Crippen LogP contribution in [0.1, 0.15) is 38.5 Å². The van der Waals surface area contributed by atoms with E-state index in [1.807, 2.05) is 12.2 Å². The maximum absolute atomic E-state index is 11.1. The second-order valence-electron chi connectivity index (χ2n) is 6.08. The highest BCUT2D eigenvalue weighted by molar-refractivity contribution is 5.93. The number of hydrogen-bond acceptors (Lipinski definition) is 4. The summed E-state index contributed by atoms with van der Waals surface area (Å²) in [5.41, 5.74) is 0. The normalized spacial score (nSPS) is 21.2. The molecule has 1 aliphatic rings. The maximum Gasteiger partial charge on any atom is 0.317 e. The molecule has 0 fully saturated rings. The number of carboxylic acids is 4.